The molecule has 1 aromatic carbocycles. The maximum atomic E-state index is 13.1. The van der Waals surface area contributed by atoms with Crippen molar-refractivity contribution in [1.82, 2.24) is 14.7 Å². The molecule has 0 saturated carbocycles. The summed E-state index contributed by atoms with van der Waals surface area (Å²) < 4.78 is 27.6. The molecule has 29 heavy (non-hydrogen) atoms. The molecule has 2 aliphatic heterocycles. The van der Waals surface area contributed by atoms with E-state index >= 15 is 0 Å². The van der Waals surface area contributed by atoms with E-state index in [-0.39, 0.29) is 11.7 Å². The molecule has 2 aliphatic rings. The number of benzene rings is 1. The average molecular weight is 425 g/mol. The number of para-hydroxylation sites is 1. The highest BCUT2D eigenvalue weighted by molar-refractivity contribution is 7.89. The molecule has 3 rings (SSSR count). The van der Waals surface area contributed by atoms with Gasteiger partial charge in [0, 0.05) is 31.9 Å². The number of hydroxylamine groups is 1. The van der Waals surface area contributed by atoms with Gasteiger partial charge in [0.1, 0.15) is 0 Å². The molecule has 0 radical (unpaired) electrons. The number of piperazine rings is 1. The summed E-state index contributed by atoms with van der Waals surface area (Å²) in [5.41, 5.74) is 3.99. The number of sulfonamides is 1. The van der Waals surface area contributed by atoms with Gasteiger partial charge in [0.05, 0.1) is 11.7 Å². The second-order valence-electron chi connectivity index (χ2n) is 8.17. The lowest BCUT2D eigenvalue weighted by molar-refractivity contribution is -0.135. The van der Waals surface area contributed by atoms with Crippen LogP contribution in [0.1, 0.15) is 18.4 Å². The van der Waals surface area contributed by atoms with Crippen molar-refractivity contribution in [1.29, 1.82) is 0 Å². The predicted octanol–water partition coefficient (Wildman–Crippen LogP) is 0.910. The van der Waals surface area contributed by atoms with Crippen molar-refractivity contribution < 1.29 is 18.4 Å². The average Bonchev–Trinajstić information content (AvgIpc) is 2.73. The molecule has 0 bridgehead atoms. The Morgan fingerprint density at radius 1 is 1.14 bits per heavy atom. The second-order valence-corrected chi connectivity index (χ2v) is 10.2. The van der Waals surface area contributed by atoms with Gasteiger partial charge in [-0.2, -0.15) is 4.31 Å². The molecule has 0 unspecified atom stereocenters. The fourth-order valence-corrected chi connectivity index (χ4v) is 6.21. The van der Waals surface area contributed by atoms with Crippen molar-refractivity contribution in [3.8, 4) is 0 Å². The van der Waals surface area contributed by atoms with E-state index in [1.807, 2.05) is 19.2 Å². The Morgan fingerprint density at radius 3 is 2.34 bits per heavy atom. The van der Waals surface area contributed by atoms with E-state index in [1.165, 1.54) is 9.87 Å². The summed E-state index contributed by atoms with van der Waals surface area (Å²) in [7, 11) is -1.58. The van der Waals surface area contributed by atoms with Crippen molar-refractivity contribution >= 4 is 21.6 Å². The third-order valence-corrected chi connectivity index (χ3v) is 8.19. The molecular weight excluding hydrogens is 392 g/mol. The number of aryl methyl sites for hydroxylation is 1. The molecule has 0 aromatic heterocycles. The smallest absolute Gasteiger partial charge is 0.247 e. The number of nitrogens with zero attached hydrogens (tertiary/aromatic N) is 3. The van der Waals surface area contributed by atoms with Crippen molar-refractivity contribution in [3.05, 3.63) is 29.8 Å². The van der Waals surface area contributed by atoms with Crippen LogP contribution in [0.3, 0.4) is 0 Å². The normalized spacial score (nSPS) is 21.1. The van der Waals surface area contributed by atoms with E-state index in [4.69, 9.17) is 5.21 Å². The summed E-state index contributed by atoms with van der Waals surface area (Å²) in [6.45, 7) is 5.75. The molecule has 162 valence electrons. The Balaban J connectivity index is 1.65. The molecule has 0 spiro atoms. The van der Waals surface area contributed by atoms with E-state index in [9.17, 15) is 13.2 Å². The zero-order valence-electron chi connectivity index (χ0n) is 17.2. The summed E-state index contributed by atoms with van der Waals surface area (Å²) in [5, 5.41) is 9.16. The molecule has 8 nitrogen and oxygen atoms in total. The first-order valence-corrected chi connectivity index (χ1v) is 11.8. The molecule has 2 N–H and O–H groups in total. The van der Waals surface area contributed by atoms with E-state index in [0.29, 0.717) is 26.2 Å². The number of nitrogens with one attached hydrogen (secondary N) is 1. The standard InChI is InChI=1S/C20H32N4O4S/c1-16-5-3-4-6-19(16)23-11-13-24(14-12-23)29(27,28)15-18(20(25)21-26)17-7-9-22(2)10-8-17/h3-6,17-18,26H,7-15H2,1-2H3,(H,21,25)/t18-/m1/s1. The van der Waals surface area contributed by atoms with Crippen LogP contribution in [-0.2, 0) is 14.8 Å². The van der Waals surface area contributed by atoms with E-state index in [0.717, 1.165) is 31.6 Å². The summed E-state index contributed by atoms with van der Waals surface area (Å²) >= 11 is 0. The van der Waals surface area contributed by atoms with Gasteiger partial charge in [0.15, 0.2) is 0 Å². The molecule has 1 aromatic rings. The molecular formula is C20H32N4O4S. The van der Waals surface area contributed by atoms with Crippen LogP contribution >= 0.6 is 0 Å². The van der Waals surface area contributed by atoms with Crippen LogP contribution in [0.2, 0.25) is 0 Å². The topological polar surface area (TPSA) is 93.2 Å². The lowest BCUT2D eigenvalue weighted by atomic mass is 9.85. The molecule has 1 amide bonds. The molecule has 0 aliphatic carbocycles. The Labute approximate surface area is 173 Å². The minimum absolute atomic E-state index is 0.0404. The number of rotatable bonds is 6. The van der Waals surface area contributed by atoms with Gasteiger partial charge in [0.2, 0.25) is 15.9 Å². The van der Waals surface area contributed by atoms with Gasteiger partial charge in [-0.15, -0.1) is 0 Å². The number of amides is 1. The van der Waals surface area contributed by atoms with Gasteiger partial charge in [-0.3, -0.25) is 10.0 Å². The number of anilines is 1. The van der Waals surface area contributed by atoms with Crippen molar-refractivity contribution in [2.75, 3.05) is 57.0 Å². The van der Waals surface area contributed by atoms with Gasteiger partial charge >= 0.3 is 0 Å². The first-order chi connectivity index (χ1) is 13.8. The molecule has 9 heteroatoms. The Bertz CT molecular complexity index is 800. The van der Waals surface area contributed by atoms with Gasteiger partial charge in [-0.05, 0) is 57.5 Å². The van der Waals surface area contributed by atoms with Gasteiger partial charge < -0.3 is 9.80 Å². The number of hydrogen-bond acceptors (Lipinski definition) is 6. The maximum Gasteiger partial charge on any atom is 0.247 e. The van der Waals surface area contributed by atoms with Gasteiger partial charge in [-0.25, -0.2) is 13.9 Å². The highest BCUT2D eigenvalue weighted by atomic mass is 32.2. The number of carbonyl (C=O) groups is 1. The van der Waals surface area contributed by atoms with Crippen LogP contribution in [-0.4, -0.2) is 80.8 Å². The molecule has 2 fully saturated rings. The first kappa shape index (κ1) is 22.0. The van der Waals surface area contributed by atoms with Crippen LogP contribution in [0.25, 0.3) is 0 Å². The lowest BCUT2D eigenvalue weighted by Gasteiger charge is -2.37. The largest absolute Gasteiger partial charge is 0.369 e. The minimum atomic E-state index is -3.60. The second kappa shape index (κ2) is 9.42. The number of carbonyl (C=O) groups excluding carboxylic acids is 1. The molecule has 1 atom stereocenters. The first-order valence-electron chi connectivity index (χ1n) is 10.2. The summed E-state index contributed by atoms with van der Waals surface area (Å²) in [6.07, 6.45) is 1.51. The number of hydrogen-bond donors (Lipinski definition) is 2. The fraction of sp³-hybridized carbons (Fsp3) is 0.650. The van der Waals surface area contributed by atoms with E-state index in [1.54, 1.807) is 5.48 Å². The third kappa shape index (κ3) is 5.28. The van der Waals surface area contributed by atoms with Crippen molar-refractivity contribution in [2.45, 2.75) is 19.8 Å². The van der Waals surface area contributed by atoms with Crippen LogP contribution in [0.15, 0.2) is 24.3 Å². The van der Waals surface area contributed by atoms with E-state index in [2.05, 4.69) is 28.9 Å². The highest BCUT2D eigenvalue weighted by Gasteiger charge is 2.37. The van der Waals surface area contributed by atoms with Crippen molar-refractivity contribution in [3.63, 3.8) is 0 Å². The maximum absolute atomic E-state index is 13.1. The van der Waals surface area contributed by atoms with E-state index < -0.39 is 21.8 Å². The zero-order chi connectivity index (χ0) is 21.0. The summed E-state index contributed by atoms with van der Waals surface area (Å²) in [4.78, 5) is 16.6. The van der Waals surface area contributed by atoms with Crippen LogP contribution in [0.5, 0.6) is 0 Å². The third-order valence-electron chi connectivity index (χ3n) is 6.26. The monoisotopic (exact) mass is 424 g/mol. The number of piperidine rings is 1. The van der Waals surface area contributed by atoms with Crippen LogP contribution in [0, 0.1) is 18.8 Å². The summed E-state index contributed by atoms with van der Waals surface area (Å²) in [6, 6.07) is 8.10. The van der Waals surface area contributed by atoms with Gasteiger partial charge in [-0.1, -0.05) is 18.2 Å². The SMILES string of the molecule is Cc1ccccc1N1CCN(S(=O)(=O)C[C@@H](C(=O)NO)C2CCN(C)CC2)CC1. The van der Waals surface area contributed by atoms with Crippen LogP contribution in [0.4, 0.5) is 5.69 Å². The molecule has 2 saturated heterocycles. The Hall–Kier alpha value is -1.68. The van der Waals surface area contributed by atoms with Crippen LogP contribution < -0.4 is 10.4 Å². The summed E-state index contributed by atoms with van der Waals surface area (Å²) in [5.74, 6) is -1.62. The van der Waals surface area contributed by atoms with Crippen molar-refractivity contribution in [2.24, 2.45) is 11.8 Å². The highest BCUT2D eigenvalue weighted by Crippen LogP contribution is 2.28. The Morgan fingerprint density at radius 2 is 1.76 bits per heavy atom. The quantitative estimate of drug-likeness (QED) is 0.521. The Kier molecular flexibility index (Phi) is 7.15. The lowest BCUT2D eigenvalue weighted by Crippen LogP contribution is -2.51. The zero-order valence-corrected chi connectivity index (χ0v) is 18.1. The number of likely N-dealkylation sites (tertiary alicyclic amines) is 1. The molecule has 2 heterocycles. The predicted molar refractivity (Wildman–Crippen MR) is 112 cm³/mol. The fourth-order valence-electron chi connectivity index (χ4n) is 4.40. The minimum Gasteiger partial charge on any atom is -0.369 e. The van der Waals surface area contributed by atoms with Gasteiger partial charge in [0.25, 0.3) is 0 Å².